The molecule has 2 rings (SSSR count). The molecule has 0 spiro atoms. The van der Waals surface area contributed by atoms with Crippen molar-refractivity contribution in [3.8, 4) is 9.88 Å². The lowest BCUT2D eigenvalue weighted by atomic mass is 10.3. The average Bonchev–Trinajstić information content (AvgIpc) is 3.06. The molecule has 0 saturated carbocycles. The second kappa shape index (κ2) is 6.82. The molecule has 0 saturated heterocycles. The molecular weight excluding hydrogens is 308 g/mol. The zero-order valence-corrected chi connectivity index (χ0v) is 13.5. The van der Waals surface area contributed by atoms with Crippen molar-refractivity contribution in [3.05, 3.63) is 28.1 Å². The SMILES string of the molecule is Cc1nc(-c2cccs2)sc1C(=O)N(C)CCCC(=O)O. The van der Waals surface area contributed by atoms with E-state index in [9.17, 15) is 9.59 Å². The van der Waals surface area contributed by atoms with E-state index in [0.29, 0.717) is 17.8 Å². The van der Waals surface area contributed by atoms with Gasteiger partial charge in [0.2, 0.25) is 0 Å². The largest absolute Gasteiger partial charge is 0.481 e. The van der Waals surface area contributed by atoms with Gasteiger partial charge in [-0.05, 0) is 24.8 Å². The van der Waals surface area contributed by atoms with Gasteiger partial charge in [-0.15, -0.1) is 22.7 Å². The van der Waals surface area contributed by atoms with E-state index < -0.39 is 5.97 Å². The van der Waals surface area contributed by atoms with Crippen LogP contribution in [0.3, 0.4) is 0 Å². The summed E-state index contributed by atoms with van der Waals surface area (Å²) in [5.41, 5.74) is 0.721. The Morgan fingerprint density at radius 2 is 2.19 bits per heavy atom. The first-order chi connectivity index (χ1) is 9.99. The number of carbonyl (C=O) groups excluding carboxylic acids is 1. The van der Waals surface area contributed by atoms with Crippen LogP contribution in [0.1, 0.15) is 28.2 Å². The Balaban J connectivity index is 2.07. The third kappa shape index (κ3) is 3.89. The van der Waals surface area contributed by atoms with Crippen LogP contribution in [0.2, 0.25) is 0 Å². The van der Waals surface area contributed by atoms with Gasteiger partial charge in [-0.25, -0.2) is 4.98 Å². The predicted molar refractivity (Wildman–Crippen MR) is 84.0 cm³/mol. The lowest BCUT2D eigenvalue weighted by Gasteiger charge is -2.15. The van der Waals surface area contributed by atoms with Crippen molar-refractivity contribution in [3.63, 3.8) is 0 Å². The van der Waals surface area contributed by atoms with Crippen LogP contribution in [-0.2, 0) is 4.79 Å². The molecule has 0 unspecified atom stereocenters. The second-order valence-corrected chi connectivity index (χ2v) is 6.58. The fourth-order valence-electron chi connectivity index (χ4n) is 1.84. The van der Waals surface area contributed by atoms with E-state index in [1.165, 1.54) is 11.3 Å². The zero-order valence-electron chi connectivity index (χ0n) is 11.8. The van der Waals surface area contributed by atoms with Crippen LogP contribution in [-0.4, -0.2) is 40.5 Å². The van der Waals surface area contributed by atoms with E-state index in [2.05, 4.69) is 4.98 Å². The molecule has 7 heteroatoms. The van der Waals surface area contributed by atoms with Gasteiger partial charge >= 0.3 is 5.97 Å². The van der Waals surface area contributed by atoms with E-state index >= 15 is 0 Å². The van der Waals surface area contributed by atoms with Gasteiger partial charge < -0.3 is 10.0 Å². The minimum atomic E-state index is -0.843. The molecule has 1 amide bonds. The fourth-order valence-corrected chi connectivity index (χ4v) is 3.70. The standard InChI is InChI=1S/C14H16N2O3S2/c1-9-12(14(19)16(2)7-3-6-11(17)18)21-13(15-9)10-5-4-8-20-10/h4-5,8H,3,6-7H2,1-2H3,(H,17,18). The minimum Gasteiger partial charge on any atom is -0.481 e. The Hall–Kier alpha value is -1.73. The van der Waals surface area contributed by atoms with Crippen LogP contribution < -0.4 is 0 Å². The van der Waals surface area contributed by atoms with Gasteiger partial charge in [0, 0.05) is 20.0 Å². The summed E-state index contributed by atoms with van der Waals surface area (Å²) in [6.07, 6.45) is 0.521. The third-order valence-corrected chi connectivity index (χ3v) is 5.14. The number of nitrogens with zero attached hydrogens (tertiary/aromatic N) is 2. The first-order valence-electron chi connectivity index (χ1n) is 6.47. The van der Waals surface area contributed by atoms with Crippen molar-refractivity contribution in [2.75, 3.05) is 13.6 Å². The second-order valence-electron chi connectivity index (χ2n) is 4.63. The van der Waals surface area contributed by atoms with Crippen molar-refractivity contribution in [2.24, 2.45) is 0 Å². The van der Waals surface area contributed by atoms with Gasteiger partial charge in [0.15, 0.2) is 0 Å². The summed E-state index contributed by atoms with van der Waals surface area (Å²) in [5, 5.41) is 11.5. The molecule has 0 aliphatic carbocycles. The molecule has 0 radical (unpaired) electrons. The van der Waals surface area contributed by atoms with E-state index in [4.69, 9.17) is 5.11 Å². The fraction of sp³-hybridized carbons (Fsp3) is 0.357. The Morgan fingerprint density at radius 1 is 1.43 bits per heavy atom. The lowest BCUT2D eigenvalue weighted by molar-refractivity contribution is -0.137. The number of hydrogen-bond acceptors (Lipinski definition) is 5. The van der Waals surface area contributed by atoms with Gasteiger partial charge in [0.25, 0.3) is 5.91 Å². The smallest absolute Gasteiger partial charge is 0.303 e. The number of carbonyl (C=O) groups is 2. The lowest BCUT2D eigenvalue weighted by Crippen LogP contribution is -2.27. The Kier molecular flexibility index (Phi) is 5.08. The van der Waals surface area contributed by atoms with Gasteiger partial charge in [-0.2, -0.15) is 0 Å². The number of hydrogen-bond donors (Lipinski definition) is 1. The maximum Gasteiger partial charge on any atom is 0.303 e. The number of carboxylic acid groups (broad SMARTS) is 1. The van der Waals surface area contributed by atoms with Crippen molar-refractivity contribution in [2.45, 2.75) is 19.8 Å². The van der Waals surface area contributed by atoms with Gasteiger partial charge in [0.05, 0.1) is 10.6 Å². The minimum absolute atomic E-state index is 0.0692. The Labute approximate surface area is 130 Å². The van der Waals surface area contributed by atoms with Crippen LogP contribution in [0.4, 0.5) is 0 Å². The molecule has 0 aliphatic rings. The number of rotatable bonds is 6. The summed E-state index contributed by atoms with van der Waals surface area (Å²) in [6, 6.07) is 3.93. The number of carboxylic acids is 1. The van der Waals surface area contributed by atoms with Crippen molar-refractivity contribution in [1.29, 1.82) is 0 Å². The molecule has 1 N–H and O–H groups in total. The van der Waals surface area contributed by atoms with Crippen LogP contribution in [0, 0.1) is 6.92 Å². The molecule has 0 aromatic carbocycles. The number of aliphatic carboxylic acids is 1. The number of thiophene rings is 1. The molecule has 0 atom stereocenters. The maximum atomic E-state index is 12.4. The van der Waals surface area contributed by atoms with Gasteiger partial charge in [-0.1, -0.05) is 6.07 Å². The van der Waals surface area contributed by atoms with Crippen LogP contribution in [0.5, 0.6) is 0 Å². The molecule has 2 aromatic rings. The van der Waals surface area contributed by atoms with Crippen LogP contribution in [0.15, 0.2) is 17.5 Å². The first-order valence-corrected chi connectivity index (χ1v) is 8.17. The summed E-state index contributed by atoms with van der Waals surface area (Å²) < 4.78 is 0. The Bertz CT molecular complexity index is 635. The van der Waals surface area contributed by atoms with Crippen molar-refractivity contribution >= 4 is 34.6 Å². The number of thiazole rings is 1. The number of aryl methyl sites for hydroxylation is 1. The molecule has 21 heavy (non-hydrogen) atoms. The topological polar surface area (TPSA) is 70.5 Å². The highest BCUT2D eigenvalue weighted by Gasteiger charge is 2.19. The monoisotopic (exact) mass is 324 g/mol. The van der Waals surface area contributed by atoms with Crippen molar-refractivity contribution in [1.82, 2.24) is 9.88 Å². The van der Waals surface area contributed by atoms with E-state index in [-0.39, 0.29) is 12.3 Å². The highest BCUT2D eigenvalue weighted by molar-refractivity contribution is 7.22. The average molecular weight is 324 g/mol. The molecule has 0 fully saturated rings. The summed E-state index contributed by atoms with van der Waals surface area (Å²) in [7, 11) is 1.69. The third-order valence-electron chi connectivity index (χ3n) is 2.95. The Morgan fingerprint density at radius 3 is 2.81 bits per heavy atom. The number of aromatic nitrogens is 1. The summed E-state index contributed by atoms with van der Waals surface area (Å²) in [6.45, 7) is 2.25. The highest BCUT2D eigenvalue weighted by atomic mass is 32.1. The van der Waals surface area contributed by atoms with E-state index in [1.54, 1.807) is 23.3 Å². The summed E-state index contributed by atoms with van der Waals surface area (Å²) in [4.78, 5) is 30.6. The first kappa shape index (κ1) is 15.7. The molecule has 112 valence electrons. The quantitative estimate of drug-likeness (QED) is 0.886. The molecule has 0 bridgehead atoms. The molecule has 2 aromatic heterocycles. The zero-order chi connectivity index (χ0) is 15.4. The van der Waals surface area contributed by atoms with Crippen LogP contribution in [0.25, 0.3) is 9.88 Å². The normalized spacial score (nSPS) is 10.6. The van der Waals surface area contributed by atoms with E-state index in [1.807, 2.05) is 24.4 Å². The molecule has 0 aliphatic heterocycles. The van der Waals surface area contributed by atoms with Crippen LogP contribution >= 0.6 is 22.7 Å². The van der Waals surface area contributed by atoms with Gasteiger partial charge in [-0.3, -0.25) is 9.59 Å². The predicted octanol–water partition coefficient (Wildman–Crippen LogP) is 3.12. The van der Waals surface area contributed by atoms with Gasteiger partial charge in [0.1, 0.15) is 9.88 Å². The maximum absolute atomic E-state index is 12.4. The number of amides is 1. The molecular formula is C14H16N2O3S2. The summed E-state index contributed by atoms with van der Waals surface area (Å²) in [5.74, 6) is -0.942. The summed E-state index contributed by atoms with van der Waals surface area (Å²) >= 11 is 2.98. The van der Waals surface area contributed by atoms with E-state index in [0.717, 1.165) is 15.6 Å². The highest BCUT2D eigenvalue weighted by Crippen LogP contribution is 2.31. The van der Waals surface area contributed by atoms with Crippen molar-refractivity contribution < 1.29 is 14.7 Å². The molecule has 2 heterocycles. The molecule has 5 nitrogen and oxygen atoms in total.